The lowest BCUT2D eigenvalue weighted by atomic mass is 10.2. The van der Waals surface area contributed by atoms with Crippen LogP contribution in [0.25, 0.3) is 0 Å². The molecule has 0 aliphatic carbocycles. The Labute approximate surface area is 281 Å². The van der Waals surface area contributed by atoms with Crippen LogP contribution in [0.4, 0.5) is 0 Å². The van der Waals surface area contributed by atoms with Crippen molar-refractivity contribution in [3.63, 3.8) is 0 Å². The lowest BCUT2D eigenvalue weighted by Crippen LogP contribution is -2.24. The number of rotatable bonds is 38. The molecule has 0 heterocycles. The molecule has 0 amide bonds. The maximum Gasteiger partial charge on any atom is 0.308 e. The highest BCUT2D eigenvalue weighted by molar-refractivity contribution is 6.17. The van der Waals surface area contributed by atoms with Crippen LogP contribution in [0.1, 0.15) is 27.2 Å². The van der Waals surface area contributed by atoms with Crippen molar-refractivity contribution in [1.82, 2.24) is 0 Å². The number of ether oxygens (including phenoxy) is 13. The van der Waals surface area contributed by atoms with E-state index < -0.39 is 5.60 Å². The van der Waals surface area contributed by atoms with Crippen molar-refractivity contribution in [2.24, 2.45) is 0 Å². The van der Waals surface area contributed by atoms with Gasteiger partial charge in [-0.05, 0) is 20.8 Å². The van der Waals surface area contributed by atoms with Gasteiger partial charge in [0.2, 0.25) is 0 Å². The molecule has 0 saturated carbocycles. The zero-order chi connectivity index (χ0) is 33.7. The summed E-state index contributed by atoms with van der Waals surface area (Å²) in [4.78, 5) is 11.6. The third-order valence-electron chi connectivity index (χ3n) is 5.18. The molecule has 0 N–H and O–H groups in total. The summed E-state index contributed by atoms with van der Waals surface area (Å²) >= 11 is 5.51. The molecular formula is C31H61ClO14. The summed E-state index contributed by atoms with van der Waals surface area (Å²) in [6.07, 6.45) is 0.231. The molecule has 0 aromatic carbocycles. The average molecular weight is 693 g/mol. The van der Waals surface area contributed by atoms with E-state index in [1.807, 2.05) is 20.8 Å². The molecule has 14 nitrogen and oxygen atoms in total. The Hall–Kier alpha value is -0.720. The highest BCUT2D eigenvalue weighted by atomic mass is 35.5. The Morgan fingerprint density at radius 3 is 0.761 bits per heavy atom. The second kappa shape index (κ2) is 37.1. The number of hydrogen-bond acceptors (Lipinski definition) is 14. The van der Waals surface area contributed by atoms with Gasteiger partial charge in [0.25, 0.3) is 0 Å². The van der Waals surface area contributed by atoms with Crippen molar-refractivity contribution in [2.75, 3.05) is 164 Å². The third-order valence-corrected chi connectivity index (χ3v) is 5.34. The fourth-order valence-electron chi connectivity index (χ4n) is 3.12. The minimum atomic E-state index is -0.474. The van der Waals surface area contributed by atoms with Gasteiger partial charge in [0, 0.05) is 5.88 Å². The molecule has 0 fully saturated rings. The fraction of sp³-hybridized carbons (Fsp3) is 0.968. The Kier molecular flexibility index (Phi) is 36.5. The van der Waals surface area contributed by atoms with Gasteiger partial charge in [0.15, 0.2) is 0 Å². The predicted octanol–water partition coefficient (Wildman–Crippen LogP) is 2.16. The summed E-state index contributed by atoms with van der Waals surface area (Å²) in [5.41, 5.74) is -0.474. The lowest BCUT2D eigenvalue weighted by Gasteiger charge is -2.19. The van der Waals surface area contributed by atoms with E-state index in [-0.39, 0.29) is 12.4 Å². The van der Waals surface area contributed by atoms with E-state index in [1.165, 1.54) is 0 Å². The van der Waals surface area contributed by atoms with Gasteiger partial charge < -0.3 is 61.6 Å². The van der Waals surface area contributed by atoms with E-state index in [2.05, 4.69) is 0 Å². The van der Waals surface area contributed by atoms with Crippen molar-refractivity contribution in [3.05, 3.63) is 0 Å². The molecule has 0 aromatic rings. The first-order chi connectivity index (χ1) is 22.5. The van der Waals surface area contributed by atoms with Crippen LogP contribution in [0.2, 0.25) is 0 Å². The molecule has 0 radical (unpaired) electrons. The number of hydrogen-bond donors (Lipinski definition) is 0. The number of carbonyl (C=O) groups excluding carboxylic acids is 1. The molecule has 0 unspecified atom stereocenters. The van der Waals surface area contributed by atoms with Crippen LogP contribution < -0.4 is 0 Å². The van der Waals surface area contributed by atoms with Crippen LogP contribution in [-0.2, 0) is 66.4 Å². The largest absolute Gasteiger partial charge is 0.460 e. The Balaban J connectivity index is 3.09. The SMILES string of the molecule is CC(C)(C)OC(=O)CCOCCOCCOCCOCCOCCOCCOCCOCCOCCOCCOCCOCCCl. The second-order valence-corrected chi connectivity index (χ2v) is 10.8. The topological polar surface area (TPSA) is 137 Å². The Morgan fingerprint density at radius 1 is 0.370 bits per heavy atom. The highest BCUT2D eigenvalue weighted by Crippen LogP contribution is 2.08. The van der Waals surface area contributed by atoms with E-state index >= 15 is 0 Å². The smallest absolute Gasteiger partial charge is 0.308 e. The van der Waals surface area contributed by atoms with Gasteiger partial charge in [0.1, 0.15) is 5.60 Å². The molecule has 0 aromatic heterocycles. The summed E-state index contributed by atoms with van der Waals surface area (Å²) in [6, 6.07) is 0. The van der Waals surface area contributed by atoms with Crippen LogP contribution in [-0.4, -0.2) is 176 Å². The molecule has 15 heteroatoms. The summed E-state index contributed by atoms with van der Waals surface area (Å²) in [5, 5.41) is 0. The minimum absolute atomic E-state index is 0.231. The van der Waals surface area contributed by atoms with Gasteiger partial charge in [-0.25, -0.2) is 0 Å². The molecule has 0 saturated heterocycles. The van der Waals surface area contributed by atoms with E-state index in [4.69, 9.17) is 73.2 Å². The van der Waals surface area contributed by atoms with E-state index in [1.54, 1.807) is 0 Å². The summed E-state index contributed by atoms with van der Waals surface area (Å²) in [6.45, 7) is 17.3. The van der Waals surface area contributed by atoms with Crippen LogP contribution >= 0.6 is 11.6 Å². The summed E-state index contributed by atoms with van der Waals surface area (Å²) < 4.78 is 70.2. The molecule has 0 bridgehead atoms. The third kappa shape index (κ3) is 41.3. The molecule has 46 heavy (non-hydrogen) atoms. The normalized spacial score (nSPS) is 11.8. The Morgan fingerprint density at radius 2 is 0.565 bits per heavy atom. The molecular weight excluding hydrogens is 632 g/mol. The van der Waals surface area contributed by atoms with Crippen molar-refractivity contribution >= 4 is 17.6 Å². The van der Waals surface area contributed by atoms with E-state index in [0.29, 0.717) is 164 Å². The summed E-state index contributed by atoms with van der Waals surface area (Å²) in [7, 11) is 0. The van der Waals surface area contributed by atoms with Gasteiger partial charge in [-0.1, -0.05) is 0 Å². The monoisotopic (exact) mass is 692 g/mol. The molecule has 0 aliphatic heterocycles. The van der Waals surface area contributed by atoms with Crippen molar-refractivity contribution in [1.29, 1.82) is 0 Å². The number of alkyl halides is 1. The zero-order valence-corrected chi connectivity index (χ0v) is 29.2. The second-order valence-electron chi connectivity index (χ2n) is 10.4. The van der Waals surface area contributed by atoms with E-state index in [9.17, 15) is 4.79 Å². The molecule has 0 aliphatic rings. The number of carbonyl (C=O) groups is 1. The van der Waals surface area contributed by atoms with Crippen LogP contribution in [0, 0.1) is 0 Å². The molecule has 276 valence electrons. The molecule has 0 rings (SSSR count). The van der Waals surface area contributed by atoms with Crippen LogP contribution in [0.3, 0.4) is 0 Å². The lowest BCUT2D eigenvalue weighted by molar-refractivity contribution is -0.156. The van der Waals surface area contributed by atoms with Crippen molar-refractivity contribution < 1.29 is 66.4 Å². The standard InChI is InChI=1S/C31H61ClO14/c1-31(2,3)46-30(33)4-6-34-8-10-36-12-14-38-16-18-40-20-22-42-24-26-44-28-29-45-27-25-43-23-21-41-19-17-39-15-13-37-11-9-35-7-5-32/h4-29H2,1-3H3. The van der Waals surface area contributed by atoms with E-state index in [0.717, 1.165) is 0 Å². The Bertz CT molecular complexity index is 612. The molecule has 0 atom stereocenters. The first-order valence-corrected chi connectivity index (χ1v) is 16.7. The van der Waals surface area contributed by atoms with Gasteiger partial charge in [-0.15, -0.1) is 11.6 Å². The van der Waals surface area contributed by atoms with Crippen molar-refractivity contribution in [2.45, 2.75) is 32.8 Å². The van der Waals surface area contributed by atoms with Crippen LogP contribution in [0.15, 0.2) is 0 Å². The average Bonchev–Trinajstić information content (AvgIpc) is 3.01. The van der Waals surface area contributed by atoms with Gasteiger partial charge in [0.05, 0.1) is 165 Å². The van der Waals surface area contributed by atoms with Crippen LogP contribution in [0.5, 0.6) is 0 Å². The van der Waals surface area contributed by atoms with Gasteiger partial charge in [-0.2, -0.15) is 0 Å². The predicted molar refractivity (Wildman–Crippen MR) is 171 cm³/mol. The van der Waals surface area contributed by atoms with Gasteiger partial charge in [-0.3, -0.25) is 4.79 Å². The van der Waals surface area contributed by atoms with Gasteiger partial charge >= 0.3 is 5.97 Å². The first-order valence-electron chi connectivity index (χ1n) is 16.2. The number of halogens is 1. The molecule has 0 spiro atoms. The maximum absolute atomic E-state index is 11.6. The zero-order valence-electron chi connectivity index (χ0n) is 28.5. The van der Waals surface area contributed by atoms with Crippen molar-refractivity contribution in [3.8, 4) is 0 Å². The fourth-order valence-corrected chi connectivity index (χ4v) is 3.23. The first kappa shape index (κ1) is 45.3. The summed E-state index contributed by atoms with van der Waals surface area (Å²) in [5.74, 6) is 0.228. The quantitative estimate of drug-likeness (QED) is 0.0531. The maximum atomic E-state index is 11.6. The minimum Gasteiger partial charge on any atom is -0.460 e. The highest BCUT2D eigenvalue weighted by Gasteiger charge is 2.15. The number of esters is 1.